The van der Waals surface area contributed by atoms with Crippen molar-refractivity contribution in [1.29, 1.82) is 0 Å². The molecule has 2 nitrogen and oxygen atoms in total. The fourth-order valence-corrected chi connectivity index (χ4v) is 3.08. The minimum atomic E-state index is 0.220. The first kappa shape index (κ1) is 13.2. The molecule has 1 heterocycles. The van der Waals surface area contributed by atoms with E-state index in [9.17, 15) is 0 Å². The van der Waals surface area contributed by atoms with E-state index in [0.29, 0.717) is 5.38 Å². The number of alkyl halides is 2. The Morgan fingerprint density at radius 2 is 2.06 bits per heavy atom. The van der Waals surface area contributed by atoms with Crippen LogP contribution in [-0.4, -0.2) is 20.3 Å². The average molecular weight is 275 g/mol. The lowest BCUT2D eigenvalue weighted by atomic mass is 9.85. The molecule has 0 amide bonds. The van der Waals surface area contributed by atoms with Gasteiger partial charge in [-0.2, -0.15) is 0 Å². The van der Waals surface area contributed by atoms with Crippen LogP contribution in [-0.2, 0) is 6.54 Å². The van der Waals surface area contributed by atoms with Gasteiger partial charge in [-0.25, -0.2) is 4.98 Å². The average Bonchev–Trinajstić information content (AvgIpc) is 2.81. The first-order chi connectivity index (χ1) is 8.24. The van der Waals surface area contributed by atoms with E-state index in [-0.39, 0.29) is 5.38 Å². The third-order valence-electron chi connectivity index (χ3n) is 3.63. The molecule has 0 N–H and O–H groups in total. The van der Waals surface area contributed by atoms with E-state index in [2.05, 4.69) is 4.98 Å². The molecule has 0 aromatic carbocycles. The Morgan fingerprint density at radius 3 is 2.71 bits per heavy atom. The van der Waals surface area contributed by atoms with Crippen molar-refractivity contribution >= 4 is 23.2 Å². The molecular formula is C13H20Cl2N2. The minimum Gasteiger partial charge on any atom is -0.336 e. The molecule has 0 saturated heterocycles. The molecule has 1 aromatic heterocycles. The third-order valence-corrected chi connectivity index (χ3v) is 4.43. The lowest BCUT2D eigenvalue weighted by Gasteiger charge is -2.25. The molecule has 4 heteroatoms. The molecular weight excluding hydrogens is 255 g/mol. The number of hydrogen-bond acceptors (Lipinski definition) is 1. The van der Waals surface area contributed by atoms with Crippen LogP contribution >= 0.6 is 23.2 Å². The molecule has 1 atom stereocenters. The quantitative estimate of drug-likeness (QED) is 0.741. The van der Waals surface area contributed by atoms with E-state index in [4.69, 9.17) is 23.2 Å². The van der Waals surface area contributed by atoms with Crippen molar-refractivity contribution in [3.05, 3.63) is 18.7 Å². The Balaban J connectivity index is 1.64. The van der Waals surface area contributed by atoms with Gasteiger partial charge in [0.15, 0.2) is 0 Å². The molecule has 1 unspecified atom stereocenters. The van der Waals surface area contributed by atoms with Gasteiger partial charge in [0.1, 0.15) is 0 Å². The molecule has 0 bridgehead atoms. The van der Waals surface area contributed by atoms with Crippen molar-refractivity contribution in [3.63, 3.8) is 0 Å². The molecule has 1 saturated carbocycles. The van der Waals surface area contributed by atoms with Crippen LogP contribution in [0.2, 0.25) is 0 Å². The van der Waals surface area contributed by atoms with E-state index in [1.807, 2.05) is 17.1 Å². The van der Waals surface area contributed by atoms with Crippen LogP contribution in [0, 0.1) is 5.92 Å². The summed E-state index contributed by atoms with van der Waals surface area (Å²) in [4.78, 5) is 4.02. The van der Waals surface area contributed by atoms with Crippen LogP contribution < -0.4 is 0 Å². The van der Waals surface area contributed by atoms with Gasteiger partial charge in [0, 0.05) is 24.3 Å². The van der Waals surface area contributed by atoms with Gasteiger partial charge in [-0.05, 0) is 44.4 Å². The molecule has 96 valence electrons. The van der Waals surface area contributed by atoms with Crippen LogP contribution in [0.5, 0.6) is 0 Å². The fraction of sp³-hybridized carbons (Fsp3) is 0.769. The van der Waals surface area contributed by atoms with Gasteiger partial charge < -0.3 is 4.57 Å². The summed E-state index contributed by atoms with van der Waals surface area (Å²) in [5, 5.41) is 0.641. The lowest BCUT2D eigenvalue weighted by Crippen LogP contribution is -2.16. The first-order valence-corrected chi connectivity index (χ1v) is 7.35. The summed E-state index contributed by atoms with van der Waals surface area (Å²) in [5.41, 5.74) is 0. The van der Waals surface area contributed by atoms with Gasteiger partial charge in [-0.3, -0.25) is 0 Å². The van der Waals surface area contributed by atoms with Crippen molar-refractivity contribution in [1.82, 2.24) is 9.55 Å². The minimum absolute atomic E-state index is 0.220. The second kappa shape index (κ2) is 6.65. The number of aromatic nitrogens is 2. The molecule has 17 heavy (non-hydrogen) atoms. The van der Waals surface area contributed by atoms with Crippen LogP contribution in [0.1, 0.15) is 38.5 Å². The number of halogens is 2. The molecule has 0 aliphatic heterocycles. The molecule has 1 fully saturated rings. The lowest BCUT2D eigenvalue weighted by molar-refractivity contribution is 0.331. The van der Waals surface area contributed by atoms with E-state index < -0.39 is 0 Å². The second-order valence-electron chi connectivity index (χ2n) is 5.05. The topological polar surface area (TPSA) is 17.8 Å². The zero-order chi connectivity index (χ0) is 12.1. The van der Waals surface area contributed by atoms with Crippen LogP contribution in [0.25, 0.3) is 0 Å². The maximum Gasteiger partial charge on any atom is 0.0946 e. The van der Waals surface area contributed by atoms with Gasteiger partial charge >= 0.3 is 0 Å². The van der Waals surface area contributed by atoms with Crippen molar-refractivity contribution in [2.45, 2.75) is 55.8 Å². The molecule has 0 radical (unpaired) electrons. The van der Waals surface area contributed by atoms with Crippen LogP contribution in [0.4, 0.5) is 0 Å². The van der Waals surface area contributed by atoms with Gasteiger partial charge in [0.05, 0.1) is 11.7 Å². The Bertz CT molecular complexity index is 305. The zero-order valence-corrected chi connectivity index (χ0v) is 11.6. The summed E-state index contributed by atoms with van der Waals surface area (Å²) in [5.74, 6) is 0.842. The molecule has 1 aliphatic carbocycles. The number of nitrogens with zero attached hydrogens (tertiary/aromatic N) is 2. The predicted octanol–water partition coefficient (Wildman–Crippen LogP) is 4.07. The third kappa shape index (κ3) is 4.51. The van der Waals surface area contributed by atoms with Gasteiger partial charge in [-0.15, -0.1) is 23.2 Å². The number of rotatable bonds is 5. The summed E-state index contributed by atoms with van der Waals surface area (Å²) < 4.78 is 2.05. The van der Waals surface area contributed by atoms with Gasteiger partial charge in [0.25, 0.3) is 0 Å². The van der Waals surface area contributed by atoms with Crippen molar-refractivity contribution < 1.29 is 0 Å². The normalized spacial score (nSPS) is 26.9. The summed E-state index contributed by atoms with van der Waals surface area (Å²) in [7, 11) is 0. The SMILES string of the molecule is ClC1CCC(CCC(Cl)Cn2ccnc2)CC1. The molecule has 1 aromatic rings. The summed E-state index contributed by atoms with van der Waals surface area (Å²) in [6, 6.07) is 0. The fourth-order valence-electron chi connectivity index (χ4n) is 2.54. The van der Waals surface area contributed by atoms with E-state index in [1.165, 1.54) is 32.1 Å². The highest BCUT2D eigenvalue weighted by molar-refractivity contribution is 6.20. The Labute approximate surface area is 113 Å². The first-order valence-electron chi connectivity index (χ1n) is 6.48. The Morgan fingerprint density at radius 1 is 1.29 bits per heavy atom. The number of imidazole rings is 1. The molecule has 0 spiro atoms. The maximum atomic E-state index is 6.35. The number of hydrogen-bond donors (Lipinski definition) is 0. The summed E-state index contributed by atoms with van der Waals surface area (Å²) >= 11 is 12.4. The van der Waals surface area contributed by atoms with E-state index in [1.54, 1.807) is 6.20 Å². The maximum absolute atomic E-state index is 6.35. The highest BCUT2D eigenvalue weighted by Gasteiger charge is 2.20. The van der Waals surface area contributed by atoms with Crippen molar-refractivity contribution in [2.24, 2.45) is 5.92 Å². The molecule has 1 aliphatic rings. The van der Waals surface area contributed by atoms with E-state index in [0.717, 1.165) is 18.9 Å². The van der Waals surface area contributed by atoms with Crippen LogP contribution in [0.3, 0.4) is 0 Å². The largest absolute Gasteiger partial charge is 0.336 e. The van der Waals surface area contributed by atoms with Gasteiger partial charge in [0.2, 0.25) is 0 Å². The smallest absolute Gasteiger partial charge is 0.0946 e. The highest BCUT2D eigenvalue weighted by atomic mass is 35.5. The monoisotopic (exact) mass is 274 g/mol. The highest BCUT2D eigenvalue weighted by Crippen LogP contribution is 2.31. The van der Waals surface area contributed by atoms with Crippen molar-refractivity contribution in [3.8, 4) is 0 Å². The summed E-state index contributed by atoms with van der Waals surface area (Å²) in [6.07, 6.45) is 12.9. The Hall–Kier alpha value is -0.210. The molecule has 2 rings (SSSR count). The Kier molecular flexibility index (Phi) is 5.17. The standard InChI is InChI=1S/C13H20Cl2N2/c14-12-4-1-11(2-5-12)3-6-13(15)9-17-8-7-16-10-17/h7-8,10-13H,1-6,9H2. The predicted molar refractivity (Wildman–Crippen MR) is 72.7 cm³/mol. The summed E-state index contributed by atoms with van der Waals surface area (Å²) in [6.45, 7) is 0.867. The zero-order valence-electron chi connectivity index (χ0n) is 10.1. The van der Waals surface area contributed by atoms with Gasteiger partial charge in [-0.1, -0.05) is 0 Å². The van der Waals surface area contributed by atoms with Crippen molar-refractivity contribution in [2.75, 3.05) is 0 Å². The van der Waals surface area contributed by atoms with E-state index >= 15 is 0 Å². The second-order valence-corrected chi connectivity index (χ2v) is 6.29. The van der Waals surface area contributed by atoms with Crippen LogP contribution in [0.15, 0.2) is 18.7 Å².